The lowest BCUT2D eigenvalue weighted by Gasteiger charge is -2.20. The third kappa shape index (κ3) is 3.02. The molecule has 1 aromatic heterocycles. The third-order valence-electron chi connectivity index (χ3n) is 3.64. The molecule has 3 rings (SSSR count). The van der Waals surface area contributed by atoms with E-state index in [9.17, 15) is 4.79 Å². The number of nitrogens with two attached hydrogens (primary N) is 1. The van der Waals surface area contributed by atoms with Crippen molar-refractivity contribution in [2.45, 2.75) is 25.3 Å². The van der Waals surface area contributed by atoms with E-state index in [0.717, 1.165) is 11.3 Å². The molecule has 0 spiro atoms. The zero-order valence-corrected chi connectivity index (χ0v) is 12.0. The summed E-state index contributed by atoms with van der Waals surface area (Å²) >= 11 is 1.78. The maximum atomic E-state index is 11.2. The van der Waals surface area contributed by atoms with Crippen LogP contribution in [-0.4, -0.2) is 5.91 Å². The molecule has 104 valence electrons. The summed E-state index contributed by atoms with van der Waals surface area (Å²) in [6, 6.07) is 12.5. The van der Waals surface area contributed by atoms with Gasteiger partial charge in [-0.05, 0) is 41.8 Å². The van der Waals surface area contributed by atoms with Gasteiger partial charge in [0.1, 0.15) is 0 Å². The zero-order valence-electron chi connectivity index (χ0n) is 11.2. The summed E-state index contributed by atoms with van der Waals surface area (Å²) in [5, 5.41) is 5.73. The van der Waals surface area contributed by atoms with E-state index in [-0.39, 0.29) is 12.3 Å². The minimum atomic E-state index is -0.293. The molecule has 3 nitrogen and oxygen atoms in total. The Kier molecular flexibility index (Phi) is 3.74. The van der Waals surface area contributed by atoms with Gasteiger partial charge < -0.3 is 11.1 Å². The van der Waals surface area contributed by atoms with Gasteiger partial charge in [-0.2, -0.15) is 0 Å². The topological polar surface area (TPSA) is 55.1 Å². The lowest BCUT2D eigenvalue weighted by Crippen LogP contribution is -2.17. The maximum absolute atomic E-state index is 11.2. The van der Waals surface area contributed by atoms with Gasteiger partial charge in [-0.1, -0.05) is 24.3 Å². The Hall–Kier alpha value is -1.81. The van der Waals surface area contributed by atoms with Crippen LogP contribution in [0.2, 0.25) is 0 Å². The second-order valence-corrected chi connectivity index (χ2v) is 6.25. The van der Waals surface area contributed by atoms with Gasteiger partial charge in [0.2, 0.25) is 5.91 Å². The molecule has 1 aromatic carbocycles. The number of amides is 1. The summed E-state index contributed by atoms with van der Waals surface area (Å²) in [6.45, 7) is 0. The van der Waals surface area contributed by atoms with Crippen molar-refractivity contribution in [3.8, 4) is 0 Å². The number of carbonyl (C=O) groups excluding carboxylic acids is 1. The van der Waals surface area contributed by atoms with Crippen LogP contribution in [0.4, 0.5) is 5.69 Å². The van der Waals surface area contributed by atoms with Crippen LogP contribution in [-0.2, 0) is 11.2 Å². The highest BCUT2D eigenvalue weighted by molar-refractivity contribution is 7.10. The lowest BCUT2D eigenvalue weighted by molar-refractivity contribution is -0.117. The van der Waals surface area contributed by atoms with Crippen LogP contribution in [0.1, 0.15) is 29.3 Å². The number of nitrogens with one attached hydrogen (secondary N) is 1. The number of primary amides is 1. The van der Waals surface area contributed by atoms with E-state index in [0.29, 0.717) is 12.0 Å². The average molecular weight is 286 g/mol. The number of hydrogen-bond acceptors (Lipinski definition) is 3. The molecule has 1 fully saturated rings. The quantitative estimate of drug-likeness (QED) is 0.855. The first-order valence-corrected chi connectivity index (χ1v) is 7.78. The molecule has 0 radical (unpaired) electrons. The molecule has 3 N–H and O–H groups in total. The molecule has 1 aliphatic carbocycles. The molecule has 2 aromatic rings. The van der Waals surface area contributed by atoms with Crippen LogP contribution >= 0.6 is 11.3 Å². The Morgan fingerprint density at radius 1 is 1.30 bits per heavy atom. The van der Waals surface area contributed by atoms with E-state index in [1.54, 1.807) is 11.3 Å². The molecule has 4 heteroatoms. The van der Waals surface area contributed by atoms with Gasteiger partial charge in [-0.25, -0.2) is 0 Å². The molecule has 20 heavy (non-hydrogen) atoms. The smallest absolute Gasteiger partial charge is 0.221 e. The fraction of sp³-hybridized carbons (Fsp3) is 0.312. The molecule has 1 atom stereocenters. The highest BCUT2D eigenvalue weighted by Crippen LogP contribution is 2.44. The molecule has 0 aliphatic heterocycles. The molecular weight excluding hydrogens is 268 g/mol. The van der Waals surface area contributed by atoms with Gasteiger partial charge >= 0.3 is 0 Å². The Labute approximate surface area is 122 Å². The number of thiophene rings is 1. The van der Waals surface area contributed by atoms with E-state index in [2.05, 4.69) is 22.8 Å². The minimum absolute atomic E-state index is 0.283. The lowest BCUT2D eigenvalue weighted by atomic mass is 10.1. The average Bonchev–Trinajstić information content (AvgIpc) is 3.11. The van der Waals surface area contributed by atoms with Gasteiger partial charge in [0.05, 0.1) is 12.5 Å². The Balaban J connectivity index is 1.83. The first-order chi connectivity index (χ1) is 9.74. The molecular formula is C16H18N2OS. The molecule has 0 bridgehead atoms. The predicted octanol–water partition coefficient (Wildman–Crippen LogP) is 3.34. The van der Waals surface area contributed by atoms with Crippen LogP contribution in [0.3, 0.4) is 0 Å². The van der Waals surface area contributed by atoms with Crippen molar-refractivity contribution in [3.05, 3.63) is 52.2 Å². The number of hydrogen-bond donors (Lipinski definition) is 2. The molecule has 1 saturated carbocycles. The summed E-state index contributed by atoms with van der Waals surface area (Å²) in [7, 11) is 0. The van der Waals surface area contributed by atoms with Crippen LogP contribution in [0, 0.1) is 5.92 Å². The number of rotatable bonds is 6. The number of benzene rings is 1. The fourth-order valence-corrected chi connectivity index (χ4v) is 3.36. The number of carbonyl (C=O) groups is 1. The number of para-hydroxylation sites is 1. The summed E-state index contributed by atoms with van der Waals surface area (Å²) in [5.41, 5.74) is 7.33. The summed E-state index contributed by atoms with van der Waals surface area (Å²) in [6.07, 6.45) is 2.83. The normalized spacial score (nSPS) is 15.8. The van der Waals surface area contributed by atoms with E-state index in [1.807, 2.05) is 24.3 Å². The van der Waals surface area contributed by atoms with Crippen molar-refractivity contribution in [1.82, 2.24) is 0 Å². The second kappa shape index (κ2) is 5.67. The highest BCUT2D eigenvalue weighted by atomic mass is 32.1. The van der Waals surface area contributed by atoms with Crippen molar-refractivity contribution in [2.75, 3.05) is 5.32 Å². The van der Waals surface area contributed by atoms with Gasteiger partial charge in [0.15, 0.2) is 0 Å². The van der Waals surface area contributed by atoms with Crippen molar-refractivity contribution >= 4 is 22.9 Å². The fourth-order valence-electron chi connectivity index (χ4n) is 2.49. The van der Waals surface area contributed by atoms with Crippen LogP contribution in [0.5, 0.6) is 0 Å². The second-order valence-electron chi connectivity index (χ2n) is 5.28. The van der Waals surface area contributed by atoms with Gasteiger partial charge in [-0.15, -0.1) is 11.3 Å². The summed E-state index contributed by atoms with van der Waals surface area (Å²) in [5.74, 6) is 0.411. The predicted molar refractivity (Wildman–Crippen MR) is 82.7 cm³/mol. The van der Waals surface area contributed by atoms with Crippen molar-refractivity contribution in [2.24, 2.45) is 11.7 Å². The monoisotopic (exact) mass is 286 g/mol. The standard InChI is InChI=1S/C16H18N2OS/c17-15(19)10-12-4-1-2-5-13(12)18-16(11-7-8-11)14-6-3-9-20-14/h1-6,9,11,16,18H,7-8,10H2,(H2,17,19). The van der Waals surface area contributed by atoms with E-state index in [1.165, 1.54) is 17.7 Å². The Morgan fingerprint density at radius 3 is 2.75 bits per heavy atom. The van der Waals surface area contributed by atoms with Gasteiger partial charge in [0, 0.05) is 10.6 Å². The largest absolute Gasteiger partial charge is 0.377 e. The molecule has 1 heterocycles. The first kappa shape index (κ1) is 13.2. The molecule has 1 unspecified atom stereocenters. The highest BCUT2D eigenvalue weighted by Gasteiger charge is 2.33. The Morgan fingerprint density at radius 2 is 2.10 bits per heavy atom. The Bertz CT molecular complexity index is 590. The molecule has 1 amide bonds. The van der Waals surface area contributed by atoms with Crippen LogP contribution in [0.25, 0.3) is 0 Å². The van der Waals surface area contributed by atoms with E-state index < -0.39 is 0 Å². The van der Waals surface area contributed by atoms with E-state index >= 15 is 0 Å². The minimum Gasteiger partial charge on any atom is -0.377 e. The van der Waals surface area contributed by atoms with Crippen molar-refractivity contribution < 1.29 is 4.79 Å². The van der Waals surface area contributed by atoms with E-state index in [4.69, 9.17) is 5.73 Å². The third-order valence-corrected chi connectivity index (χ3v) is 4.59. The van der Waals surface area contributed by atoms with Crippen molar-refractivity contribution in [3.63, 3.8) is 0 Å². The SMILES string of the molecule is NC(=O)Cc1ccccc1NC(c1cccs1)C1CC1. The van der Waals surface area contributed by atoms with Gasteiger partial charge in [-0.3, -0.25) is 4.79 Å². The van der Waals surface area contributed by atoms with Gasteiger partial charge in [0.25, 0.3) is 0 Å². The molecule has 1 aliphatic rings. The maximum Gasteiger partial charge on any atom is 0.221 e. The summed E-state index contributed by atoms with van der Waals surface area (Å²) < 4.78 is 0. The zero-order chi connectivity index (χ0) is 13.9. The van der Waals surface area contributed by atoms with Crippen LogP contribution in [0.15, 0.2) is 41.8 Å². The molecule has 0 saturated heterocycles. The first-order valence-electron chi connectivity index (χ1n) is 6.90. The number of anilines is 1. The van der Waals surface area contributed by atoms with Crippen LogP contribution < -0.4 is 11.1 Å². The summed E-state index contributed by atoms with van der Waals surface area (Å²) in [4.78, 5) is 12.5. The van der Waals surface area contributed by atoms with Crippen molar-refractivity contribution in [1.29, 1.82) is 0 Å².